The van der Waals surface area contributed by atoms with Crippen LogP contribution in [0, 0.1) is 0 Å². The van der Waals surface area contributed by atoms with Gasteiger partial charge < -0.3 is 5.11 Å². The minimum Gasteiger partial charge on any atom is -0.480 e. The van der Waals surface area contributed by atoms with Crippen LogP contribution in [0.5, 0.6) is 0 Å². The van der Waals surface area contributed by atoms with Gasteiger partial charge in [-0.2, -0.15) is 0 Å². The summed E-state index contributed by atoms with van der Waals surface area (Å²) >= 11 is 0. The van der Waals surface area contributed by atoms with Gasteiger partial charge in [0.2, 0.25) is 0 Å². The minimum absolute atomic E-state index is 0.196. The van der Waals surface area contributed by atoms with Crippen molar-refractivity contribution in [3.05, 3.63) is 12.7 Å². The molecule has 1 N–H and O–H groups in total. The van der Waals surface area contributed by atoms with Gasteiger partial charge in [0.25, 0.3) is 0 Å². The van der Waals surface area contributed by atoms with E-state index in [1.165, 1.54) is 12.8 Å². The average molecular weight is 183 g/mol. The molecular weight excluding hydrogens is 166 g/mol. The Morgan fingerprint density at radius 2 is 2.31 bits per heavy atom. The summed E-state index contributed by atoms with van der Waals surface area (Å²) in [5.41, 5.74) is 0. The smallest absolute Gasteiger partial charge is 0.317 e. The minimum atomic E-state index is -0.717. The van der Waals surface area contributed by atoms with Gasteiger partial charge in [-0.15, -0.1) is 6.58 Å². The molecule has 1 rings (SSSR count). The van der Waals surface area contributed by atoms with Crippen molar-refractivity contribution in [3.8, 4) is 0 Å². The van der Waals surface area contributed by atoms with Gasteiger partial charge in [0.05, 0.1) is 6.54 Å². The van der Waals surface area contributed by atoms with Gasteiger partial charge in [0.15, 0.2) is 0 Å². The molecule has 0 atom stereocenters. The van der Waals surface area contributed by atoms with E-state index >= 15 is 0 Å². The SMILES string of the molecule is C=CCCCN(CC(=O)O)C1CC1. The number of aliphatic carboxylic acids is 1. The quantitative estimate of drug-likeness (QED) is 0.480. The maximum Gasteiger partial charge on any atom is 0.317 e. The third-order valence-corrected chi connectivity index (χ3v) is 2.26. The second-order valence-electron chi connectivity index (χ2n) is 3.53. The largest absolute Gasteiger partial charge is 0.480 e. The normalized spacial score (nSPS) is 16.1. The molecule has 0 spiro atoms. The summed E-state index contributed by atoms with van der Waals surface area (Å²) in [5, 5.41) is 8.66. The molecule has 0 unspecified atom stereocenters. The van der Waals surface area contributed by atoms with E-state index in [0.29, 0.717) is 6.04 Å². The number of carboxylic acids is 1. The van der Waals surface area contributed by atoms with Crippen molar-refractivity contribution in [1.82, 2.24) is 4.90 Å². The Hall–Kier alpha value is -0.830. The Labute approximate surface area is 79.0 Å². The Morgan fingerprint density at radius 1 is 1.62 bits per heavy atom. The second kappa shape index (κ2) is 5.02. The first-order valence-corrected chi connectivity index (χ1v) is 4.80. The molecule has 0 heterocycles. The van der Waals surface area contributed by atoms with Gasteiger partial charge in [0.1, 0.15) is 0 Å². The monoisotopic (exact) mass is 183 g/mol. The summed E-state index contributed by atoms with van der Waals surface area (Å²) in [5.74, 6) is -0.717. The molecule has 0 radical (unpaired) electrons. The van der Waals surface area contributed by atoms with Crippen LogP contribution >= 0.6 is 0 Å². The van der Waals surface area contributed by atoms with Crippen molar-refractivity contribution in [2.75, 3.05) is 13.1 Å². The molecule has 0 aromatic rings. The van der Waals surface area contributed by atoms with Gasteiger partial charge in [-0.25, -0.2) is 0 Å². The van der Waals surface area contributed by atoms with Gasteiger partial charge in [-0.05, 0) is 32.2 Å². The maximum absolute atomic E-state index is 10.5. The molecule has 3 heteroatoms. The van der Waals surface area contributed by atoms with Crippen LogP contribution < -0.4 is 0 Å². The van der Waals surface area contributed by atoms with E-state index in [1.54, 1.807) is 0 Å². The number of hydrogen-bond donors (Lipinski definition) is 1. The van der Waals surface area contributed by atoms with Crippen LogP contribution in [0.2, 0.25) is 0 Å². The summed E-state index contributed by atoms with van der Waals surface area (Å²) in [6.07, 6.45) is 6.21. The summed E-state index contributed by atoms with van der Waals surface area (Å²) in [7, 11) is 0. The third-order valence-electron chi connectivity index (χ3n) is 2.26. The zero-order valence-corrected chi connectivity index (χ0v) is 7.91. The molecule has 0 bridgehead atoms. The fraction of sp³-hybridized carbons (Fsp3) is 0.700. The van der Waals surface area contributed by atoms with Gasteiger partial charge in [0, 0.05) is 6.04 Å². The van der Waals surface area contributed by atoms with E-state index in [2.05, 4.69) is 11.5 Å². The molecular formula is C10H17NO2. The lowest BCUT2D eigenvalue weighted by atomic mass is 10.3. The molecule has 0 amide bonds. The molecule has 1 aliphatic rings. The summed E-state index contributed by atoms with van der Waals surface area (Å²) in [6, 6.07) is 0.543. The fourth-order valence-corrected chi connectivity index (χ4v) is 1.44. The molecule has 0 saturated heterocycles. The lowest BCUT2D eigenvalue weighted by Crippen LogP contribution is -2.32. The van der Waals surface area contributed by atoms with Crippen LogP contribution in [0.1, 0.15) is 25.7 Å². The standard InChI is InChI=1S/C10H17NO2/c1-2-3-4-7-11(8-10(12)13)9-5-6-9/h2,9H,1,3-8H2,(H,12,13). The summed E-state index contributed by atoms with van der Waals surface area (Å²) in [6.45, 7) is 4.73. The fourth-order valence-electron chi connectivity index (χ4n) is 1.44. The van der Waals surface area contributed by atoms with Crippen LogP contribution in [0.15, 0.2) is 12.7 Å². The van der Waals surface area contributed by atoms with Crippen LogP contribution in [-0.2, 0) is 4.79 Å². The third kappa shape index (κ3) is 4.08. The van der Waals surface area contributed by atoms with E-state index in [1.807, 2.05) is 6.08 Å². The van der Waals surface area contributed by atoms with Crippen molar-refractivity contribution in [2.45, 2.75) is 31.7 Å². The molecule has 3 nitrogen and oxygen atoms in total. The Morgan fingerprint density at radius 3 is 2.77 bits per heavy atom. The zero-order chi connectivity index (χ0) is 9.68. The number of unbranched alkanes of at least 4 members (excludes halogenated alkanes) is 1. The summed E-state index contributed by atoms with van der Waals surface area (Å²) in [4.78, 5) is 12.6. The van der Waals surface area contributed by atoms with Crippen LogP contribution in [0.4, 0.5) is 0 Å². The maximum atomic E-state index is 10.5. The first kappa shape index (κ1) is 10.3. The van der Waals surface area contributed by atoms with Crippen LogP contribution in [0.25, 0.3) is 0 Å². The summed E-state index contributed by atoms with van der Waals surface area (Å²) < 4.78 is 0. The molecule has 1 aliphatic carbocycles. The van der Waals surface area contributed by atoms with E-state index in [4.69, 9.17) is 5.11 Å². The number of carbonyl (C=O) groups is 1. The van der Waals surface area contributed by atoms with Crippen molar-refractivity contribution < 1.29 is 9.90 Å². The second-order valence-corrected chi connectivity index (χ2v) is 3.53. The van der Waals surface area contributed by atoms with Gasteiger partial charge >= 0.3 is 5.97 Å². The van der Waals surface area contributed by atoms with Crippen LogP contribution in [0.3, 0.4) is 0 Å². The molecule has 0 aromatic heterocycles. The average Bonchev–Trinajstić information content (AvgIpc) is 2.84. The topological polar surface area (TPSA) is 40.5 Å². The molecule has 0 aliphatic heterocycles. The molecule has 1 fully saturated rings. The lowest BCUT2D eigenvalue weighted by Gasteiger charge is -2.18. The molecule has 13 heavy (non-hydrogen) atoms. The number of nitrogens with zero attached hydrogens (tertiary/aromatic N) is 1. The highest BCUT2D eigenvalue weighted by atomic mass is 16.4. The molecule has 1 saturated carbocycles. The number of rotatable bonds is 7. The van der Waals surface area contributed by atoms with Crippen molar-refractivity contribution >= 4 is 5.97 Å². The van der Waals surface area contributed by atoms with E-state index in [-0.39, 0.29) is 6.54 Å². The lowest BCUT2D eigenvalue weighted by molar-refractivity contribution is -0.138. The number of allylic oxidation sites excluding steroid dienone is 1. The van der Waals surface area contributed by atoms with Gasteiger partial charge in [-0.3, -0.25) is 9.69 Å². The number of carboxylic acid groups (broad SMARTS) is 1. The highest BCUT2D eigenvalue weighted by Crippen LogP contribution is 2.26. The Balaban J connectivity index is 2.21. The number of hydrogen-bond acceptors (Lipinski definition) is 2. The Bertz CT molecular complexity index is 187. The molecule has 74 valence electrons. The van der Waals surface area contributed by atoms with E-state index in [0.717, 1.165) is 19.4 Å². The highest BCUT2D eigenvalue weighted by Gasteiger charge is 2.29. The van der Waals surface area contributed by atoms with Crippen molar-refractivity contribution in [3.63, 3.8) is 0 Å². The predicted molar refractivity (Wildman–Crippen MR) is 51.7 cm³/mol. The van der Waals surface area contributed by atoms with E-state index < -0.39 is 5.97 Å². The van der Waals surface area contributed by atoms with E-state index in [9.17, 15) is 4.79 Å². The Kier molecular flexibility index (Phi) is 3.96. The van der Waals surface area contributed by atoms with Crippen molar-refractivity contribution in [1.29, 1.82) is 0 Å². The first-order chi connectivity index (χ1) is 6.24. The van der Waals surface area contributed by atoms with Gasteiger partial charge in [-0.1, -0.05) is 6.08 Å². The molecule has 0 aromatic carbocycles. The zero-order valence-electron chi connectivity index (χ0n) is 7.91. The first-order valence-electron chi connectivity index (χ1n) is 4.80. The predicted octanol–water partition coefficient (Wildman–Crippen LogP) is 1.50. The van der Waals surface area contributed by atoms with Crippen molar-refractivity contribution in [2.24, 2.45) is 0 Å². The highest BCUT2D eigenvalue weighted by molar-refractivity contribution is 5.69. The van der Waals surface area contributed by atoms with Crippen LogP contribution in [-0.4, -0.2) is 35.1 Å².